The normalized spacial score (nSPS) is 12.9. The van der Waals surface area contributed by atoms with Gasteiger partial charge < -0.3 is 14.8 Å². The number of carbonyl (C=O) groups excluding carboxylic acids is 1. The second kappa shape index (κ2) is 7.97. The first-order valence-electron chi connectivity index (χ1n) is 8.18. The molecule has 1 aromatic carbocycles. The number of anilines is 1. The van der Waals surface area contributed by atoms with E-state index in [-0.39, 0.29) is 6.61 Å². The highest BCUT2D eigenvalue weighted by atomic mass is 35.5. The van der Waals surface area contributed by atoms with Crippen molar-refractivity contribution in [1.29, 1.82) is 0 Å². The fraction of sp³-hybridized carbons (Fsp3) is 0.500. The molecule has 1 atom stereocenters. The van der Waals surface area contributed by atoms with Gasteiger partial charge in [0.15, 0.2) is 0 Å². The topological polar surface area (TPSA) is 73.3 Å². The summed E-state index contributed by atoms with van der Waals surface area (Å²) in [5.74, 6) is 0.831. The Bertz CT molecular complexity index is 759. The molecule has 136 valence electrons. The van der Waals surface area contributed by atoms with Gasteiger partial charge in [-0.25, -0.2) is 14.8 Å². The number of methoxy groups -OCH3 is 1. The molecule has 2 aromatic rings. The van der Waals surface area contributed by atoms with E-state index in [2.05, 4.69) is 15.3 Å². The summed E-state index contributed by atoms with van der Waals surface area (Å²) in [5.41, 5.74) is 0.142. The summed E-state index contributed by atoms with van der Waals surface area (Å²) < 4.78 is 10.6. The lowest BCUT2D eigenvalue weighted by molar-refractivity contribution is -0.156. The predicted molar refractivity (Wildman–Crippen MR) is 99.1 cm³/mol. The van der Waals surface area contributed by atoms with Crippen LogP contribution in [0.25, 0.3) is 10.9 Å². The molecular weight excluding hydrogens is 342 g/mol. The summed E-state index contributed by atoms with van der Waals surface area (Å²) in [4.78, 5) is 21.5. The zero-order valence-corrected chi connectivity index (χ0v) is 16.0. The Morgan fingerprint density at radius 1 is 1.32 bits per heavy atom. The van der Waals surface area contributed by atoms with Gasteiger partial charge in [0.25, 0.3) is 0 Å². The average Bonchev–Trinajstić information content (AvgIpc) is 2.52. The Hall–Kier alpha value is -1.92. The molecule has 7 heteroatoms. The molecule has 0 aliphatic heterocycles. The van der Waals surface area contributed by atoms with Gasteiger partial charge in [0.1, 0.15) is 23.3 Å². The highest BCUT2D eigenvalue weighted by molar-refractivity contribution is 6.31. The summed E-state index contributed by atoms with van der Waals surface area (Å²) >= 11 is 6.07. The zero-order valence-electron chi connectivity index (χ0n) is 15.2. The smallest absolute Gasteiger partial charge is 0.331 e. The molecule has 0 aliphatic rings. The number of aromatic nitrogens is 2. The first-order chi connectivity index (χ1) is 11.7. The quantitative estimate of drug-likeness (QED) is 0.788. The standard InChI is InChI=1S/C18H24ClN3O3/c1-6-15-20-13-9-11(19)7-8-12(13)16(22-15)21-14(10-24-5)17(23)25-18(2,3)4/h7-9,14H,6,10H2,1-5H3,(H,20,21,22). The van der Waals surface area contributed by atoms with Crippen LogP contribution in [0.15, 0.2) is 18.2 Å². The number of aryl methyl sites for hydroxylation is 1. The average molecular weight is 366 g/mol. The SMILES string of the molecule is CCc1nc(NC(COC)C(=O)OC(C)(C)C)c2ccc(Cl)cc2n1. The Kier molecular flexibility index (Phi) is 6.19. The second-order valence-electron chi connectivity index (χ2n) is 6.69. The number of halogens is 1. The maximum absolute atomic E-state index is 12.5. The molecule has 6 nitrogen and oxygen atoms in total. The summed E-state index contributed by atoms with van der Waals surface area (Å²) in [5, 5.41) is 4.53. The van der Waals surface area contributed by atoms with Crippen LogP contribution in [-0.4, -0.2) is 41.3 Å². The molecule has 2 rings (SSSR count). The number of ether oxygens (including phenoxy) is 2. The van der Waals surface area contributed by atoms with Gasteiger partial charge in [0.2, 0.25) is 0 Å². The molecule has 1 N–H and O–H groups in total. The van der Waals surface area contributed by atoms with Crippen LogP contribution in [0.4, 0.5) is 5.82 Å². The van der Waals surface area contributed by atoms with Gasteiger partial charge in [-0.2, -0.15) is 0 Å². The number of hydrogen-bond donors (Lipinski definition) is 1. The first-order valence-corrected chi connectivity index (χ1v) is 8.55. The van der Waals surface area contributed by atoms with Crippen LogP contribution in [0.2, 0.25) is 5.02 Å². The van der Waals surface area contributed by atoms with Crippen molar-refractivity contribution >= 4 is 34.3 Å². The number of benzene rings is 1. The van der Waals surface area contributed by atoms with Crippen LogP contribution in [0.5, 0.6) is 0 Å². The molecule has 0 radical (unpaired) electrons. The third-order valence-corrected chi connectivity index (χ3v) is 3.59. The second-order valence-corrected chi connectivity index (χ2v) is 7.13. The molecule has 25 heavy (non-hydrogen) atoms. The van der Waals surface area contributed by atoms with E-state index in [0.717, 1.165) is 10.9 Å². The van der Waals surface area contributed by atoms with E-state index < -0.39 is 17.6 Å². The lowest BCUT2D eigenvalue weighted by Gasteiger charge is -2.25. The fourth-order valence-electron chi connectivity index (χ4n) is 2.29. The summed E-state index contributed by atoms with van der Waals surface area (Å²) in [6.45, 7) is 7.61. The van der Waals surface area contributed by atoms with Crippen molar-refractivity contribution in [3.63, 3.8) is 0 Å². The maximum atomic E-state index is 12.5. The van der Waals surface area contributed by atoms with Crippen LogP contribution in [-0.2, 0) is 20.7 Å². The number of nitrogens with zero attached hydrogens (tertiary/aromatic N) is 2. The largest absolute Gasteiger partial charge is 0.458 e. The molecule has 0 amide bonds. The summed E-state index contributed by atoms with van der Waals surface area (Å²) in [6, 6.07) is 4.70. The summed E-state index contributed by atoms with van der Waals surface area (Å²) in [7, 11) is 1.54. The Labute approximate surface area is 152 Å². The molecule has 1 aromatic heterocycles. The van der Waals surface area contributed by atoms with Gasteiger partial charge in [-0.15, -0.1) is 0 Å². The third-order valence-electron chi connectivity index (χ3n) is 3.36. The summed E-state index contributed by atoms with van der Waals surface area (Å²) in [6.07, 6.45) is 0.665. The number of carbonyl (C=O) groups is 1. The van der Waals surface area contributed by atoms with E-state index >= 15 is 0 Å². The maximum Gasteiger partial charge on any atom is 0.331 e. The van der Waals surface area contributed by atoms with Crippen molar-refractivity contribution in [3.05, 3.63) is 29.0 Å². The first kappa shape index (κ1) is 19.4. The van der Waals surface area contributed by atoms with Crippen molar-refractivity contribution in [2.75, 3.05) is 19.0 Å². The van der Waals surface area contributed by atoms with E-state index in [4.69, 9.17) is 21.1 Å². The molecule has 1 heterocycles. The van der Waals surface area contributed by atoms with Gasteiger partial charge in [0.05, 0.1) is 12.1 Å². The molecule has 1 unspecified atom stereocenters. The molecule has 0 saturated heterocycles. The minimum Gasteiger partial charge on any atom is -0.458 e. The lowest BCUT2D eigenvalue weighted by atomic mass is 10.2. The minimum absolute atomic E-state index is 0.162. The van der Waals surface area contributed by atoms with Gasteiger partial charge >= 0.3 is 5.97 Å². The Balaban J connectivity index is 2.39. The van der Waals surface area contributed by atoms with E-state index in [1.54, 1.807) is 12.1 Å². The van der Waals surface area contributed by atoms with Gasteiger partial charge in [-0.05, 0) is 39.0 Å². The zero-order chi connectivity index (χ0) is 18.6. The lowest BCUT2D eigenvalue weighted by Crippen LogP contribution is -2.39. The van der Waals surface area contributed by atoms with E-state index in [1.807, 2.05) is 33.8 Å². The van der Waals surface area contributed by atoms with Crippen molar-refractivity contribution < 1.29 is 14.3 Å². The highest BCUT2D eigenvalue weighted by Crippen LogP contribution is 2.25. The molecular formula is C18H24ClN3O3. The highest BCUT2D eigenvalue weighted by Gasteiger charge is 2.26. The number of nitrogens with one attached hydrogen (secondary N) is 1. The van der Waals surface area contributed by atoms with Crippen molar-refractivity contribution in [3.8, 4) is 0 Å². The Morgan fingerprint density at radius 3 is 2.64 bits per heavy atom. The van der Waals surface area contributed by atoms with Gasteiger partial charge in [-0.1, -0.05) is 18.5 Å². The monoisotopic (exact) mass is 365 g/mol. The van der Waals surface area contributed by atoms with E-state index in [0.29, 0.717) is 23.1 Å². The van der Waals surface area contributed by atoms with Crippen LogP contribution >= 0.6 is 11.6 Å². The molecule has 0 aliphatic carbocycles. The third kappa shape index (κ3) is 5.28. The number of fused-ring (bicyclic) bond motifs is 1. The van der Waals surface area contributed by atoms with Gasteiger partial charge in [-0.3, -0.25) is 0 Å². The number of hydrogen-bond acceptors (Lipinski definition) is 6. The molecule has 0 bridgehead atoms. The van der Waals surface area contributed by atoms with Crippen molar-refractivity contribution in [2.45, 2.75) is 45.8 Å². The van der Waals surface area contributed by atoms with E-state index in [1.165, 1.54) is 7.11 Å². The Morgan fingerprint density at radius 2 is 2.04 bits per heavy atom. The molecule has 0 spiro atoms. The predicted octanol–water partition coefficient (Wildman–Crippen LogP) is 3.61. The van der Waals surface area contributed by atoms with Crippen LogP contribution in [0.1, 0.15) is 33.5 Å². The van der Waals surface area contributed by atoms with Crippen LogP contribution in [0.3, 0.4) is 0 Å². The minimum atomic E-state index is -0.678. The van der Waals surface area contributed by atoms with Crippen molar-refractivity contribution in [2.24, 2.45) is 0 Å². The fourth-order valence-corrected chi connectivity index (χ4v) is 2.46. The van der Waals surface area contributed by atoms with Crippen molar-refractivity contribution in [1.82, 2.24) is 9.97 Å². The van der Waals surface area contributed by atoms with E-state index in [9.17, 15) is 4.79 Å². The van der Waals surface area contributed by atoms with Crippen LogP contribution in [0, 0.1) is 0 Å². The molecule has 0 fully saturated rings. The molecule has 0 saturated carbocycles. The van der Waals surface area contributed by atoms with Gasteiger partial charge in [0, 0.05) is 23.9 Å². The number of esters is 1. The number of rotatable bonds is 6. The van der Waals surface area contributed by atoms with Crippen LogP contribution < -0.4 is 5.32 Å².